The van der Waals surface area contributed by atoms with Crippen molar-refractivity contribution in [3.8, 4) is 0 Å². The van der Waals surface area contributed by atoms with Gasteiger partial charge in [-0.25, -0.2) is 0 Å². The smallest absolute Gasteiger partial charge is 0.228 e. The van der Waals surface area contributed by atoms with E-state index in [1.54, 1.807) is 0 Å². The Labute approximate surface area is 133 Å². The molecule has 1 N–H and O–H groups in total. The molecule has 22 heavy (non-hydrogen) atoms. The third-order valence-electron chi connectivity index (χ3n) is 4.37. The maximum absolute atomic E-state index is 12.7. The third kappa shape index (κ3) is 3.97. The number of benzene rings is 2. The zero-order chi connectivity index (χ0) is 15.9. The molecular formula is C20H25NO. The molecular weight excluding hydrogens is 270 g/mol. The zero-order valence-electron chi connectivity index (χ0n) is 13.7. The van der Waals surface area contributed by atoms with Gasteiger partial charge in [-0.3, -0.25) is 4.79 Å². The number of carbonyl (C=O) groups is 1. The van der Waals surface area contributed by atoms with E-state index < -0.39 is 0 Å². The molecule has 2 atom stereocenters. The number of amides is 1. The van der Waals surface area contributed by atoms with Gasteiger partial charge in [0.1, 0.15) is 0 Å². The van der Waals surface area contributed by atoms with Gasteiger partial charge in [0.15, 0.2) is 0 Å². The summed E-state index contributed by atoms with van der Waals surface area (Å²) in [5.41, 5.74) is 3.48. The average molecular weight is 295 g/mol. The molecule has 1 amide bonds. The summed E-state index contributed by atoms with van der Waals surface area (Å²) in [6.07, 6.45) is 0.983. The molecule has 116 valence electrons. The number of carbonyl (C=O) groups excluding carboxylic acids is 1. The van der Waals surface area contributed by atoms with E-state index in [4.69, 9.17) is 0 Å². The van der Waals surface area contributed by atoms with Crippen molar-refractivity contribution in [3.63, 3.8) is 0 Å². The summed E-state index contributed by atoms with van der Waals surface area (Å²) in [6.45, 7) is 6.94. The Hall–Kier alpha value is -2.09. The van der Waals surface area contributed by atoms with Gasteiger partial charge in [0, 0.05) is 6.54 Å². The summed E-state index contributed by atoms with van der Waals surface area (Å²) in [5, 5.41) is 3.11. The molecule has 0 bridgehead atoms. The predicted octanol–water partition coefficient (Wildman–Crippen LogP) is 4.44. The minimum absolute atomic E-state index is 0.0878. The summed E-state index contributed by atoms with van der Waals surface area (Å²) >= 11 is 0. The first-order valence-corrected chi connectivity index (χ1v) is 8.00. The van der Waals surface area contributed by atoms with Crippen LogP contribution in [0.15, 0.2) is 54.6 Å². The van der Waals surface area contributed by atoms with Crippen LogP contribution in [0.1, 0.15) is 42.9 Å². The van der Waals surface area contributed by atoms with Gasteiger partial charge in [-0.15, -0.1) is 0 Å². The fraction of sp³-hybridized carbons (Fsp3) is 0.350. The molecule has 2 heteroatoms. The van der Waals surface area contributed by atoms with Crippen molar-refractivity contribution in [1.82, 2.24) is 5.32 Å². The summed E-state index contributed by atoms with van der Waals surface area (Å²) in [4.78, 5) is 12.7. The predicted molar refractivity (Wildman–Crippen MR) is 91.7 cm³/mol. The Morgan fingerprint density at radius 3 is 2.32 bits per heavy atom. The third-order valence-corrected chi connectivity index (χ3v) is 4.37. The first-order valence-electron chi connectivity index (χ1n) is 8.00. The molecule has 2 unspecified atom stereocenters. The highest BCUT2D eigenvalue weighted by Gasteiger charge is 2.25. The molecule has 0 saturated heterocycles. The minimum Gasteiger partial charge on any atom is -0.351 e. The number of hydrogen-bond acceptors (Lipinski definition) is 1. The quantitative estimate of drug-likeness (QED) is 0.838. The van der Waals surface area contributed by atoms with Gasteiger partial charge >= 0.3 is 0 Å². The van der Waals surface area contributed by atoms with Crippen LogP contribution in [-0.2, 0) is 11.3 Å². The summed E-state index contributed by atoms with van der Waals surface area (Å²) in [5.74, 6) is 0.346. The van der Waals surface area contributed by atoms with E-state index >= 15 is 0 Å². The van der Waals surface area contributed by atoms with Crippen molar-refractivity contribution < 1.29 is 4.79 Å². The van der Waals surface area contributed by atoms with Crippen molar-refractivity contribution in [2.45, 2.75) is 39.7 Å². The fourth-order valence-corrected chi connectivity index (χ4v) is 2.74. The first-order chi connectivity index (χ1) is 10.6. The molecule has 0 fully saturated rings. The van der Waals surface area contributed by atoms with Gasteiger partial charge in [-0.1, -0.05) is 74.9 Å². The molecule has 0 saturated carbocycles. The monoisotopic (exact) mass is 295 g/mol. The van der Waals surface area contributed by atoms with E-state index in [0.29, 0.717) is 12.5 Å². The maximum atomic E-state index is 12.7. The van der Waals surface area contributed by atoms with E-state index in [2.05, 4.69) is 38.2 Å². The van der Waals surface area contributed by atoms with Crippen LogP contribution in [-0.4, -0.2) is 5.91 Å². The van der Waals surface area contributed by atoms with Crippen molar-refractivity contribution in [2.24, 2.45) is 5.92 Å². The molecule has 2 rings (SSSR count). The lowest BCUT2D eigenvalue weighted by Gasteiger charge is -2.23. The van der Waals surface area contributed by atoms with E-state index in [1.165, 1.54) is 11.1 Å². The Bertz CT molecular complexity index is 606. The SMILES string of the molecule is CCC(C)C(C(=O)NCc1ccccc1C)c1ccccc1. The highest BCUT2D eigenvalue weighted by atomic mass is 16.1. The van der Waals surface area contributed by atoms with Crippen molar-refractivity contribution in [2.75, 3.05) is 0 Å². The molecule has 0 aromatic heterocycles. The van der Waals surface area contributed by atoms with Crippen LogP contribution in [0.2, 0.25) is 0 Å². The molecule has 2 nitrogen and oxygen atoms in total. The second kappa shape index (κ2) is 7.79. The van der Waals surface area contributed by atoms with Crippen molar-refractivity contribution in [1.29, 1.82) is 0 Å². The lowest BCUT2D eigenvalue weighted by atomic mass is 9.85. The van der Waals surface area contributed by atoms with Gasteiger partial charge in [0.2, 0.25) is 5.91 Å². The van der Waals surface area contributed by atoms with E-state index in [0.717, 1.165) is 12.0 Å². The van der Waals surface area contributed by atoms with Gasteiger partial charge in [-0.05, 0) is 29.5 Å². The van der Waals surface area contributed by atoms with Gasteiger partial charge in [0.05, 0.1) is 5.92 Å². The summed E-state index contributed by atoms with van der Waals surface area (Å²) in [6, 6.07) is 18.3. The van der Waals surface area contributed by atoms with Crippen LogP contribution in [0.25, 0.3) is 0 Å². The van der Waals surface area contributed by atoms with Crippen LogP contribution in [0.5, 0.6) is 0 Å². The molecule has 0 spiro atoms. The number of aryl methyl sites for hydroxylation is 1. The Morgan fingerprint density at radius 1 is 1.05 bits per heavy atom. The highest BCUT2D eigenvalue weighted by molar-refractivity contribution is 5.84. The standard InChI is InChI=1S/C20H25NO/c1-4-15(2)19(17-11-6-5-7-12-17)20(22)21-14-18-13-9-8-10-16(18)3/h5-13,15,19H,4,14H2,1-3H3,(H,21,22). The molecule has 2 aromatic rings. The van der Waals surface area contributed by atoms with Crippen LogP contribution in [0.4, 0.5) is 0 Å². The van der Waals surface area contributed by atoms with Gasteiger partial charge in [-0.2, -0.15) is 0 Å². The topological polar surface area (TPSA) is 29.1 Å². The van der Waals surface area contributed by atoms with Crippen LogP contribution >= 0.6 is 0 Å². The normalized spacial score (nSPS) is 13.4. The Morgan fingerprint density at radius 2 is 1.68 bits per heavy atom. The molecule has 0 aliphatic rings. The van der Waals surface area contributed by atoms with E-state index in [-0.39, 0.29) is 11.8 Å². The molecule has 0 heterocycles. The Kier molecular flexibility index (Phi) is 5.76. The summed E-state index contributed by atoms with van der Waals surface area (Å²) < 4.78 is 0. The van der Waals surface area contributed by atoms with Crippen molar-refractivity contribution in [3.05, 3.63) is 71.3 Å². The summed E-state index contributed by atoms with van der Waals surface area (Å²) in [7, 11) is 0. The van der Waals surface area contributed by atoms with Crippen molar-refractivity contribution >= 4 is 5.91 Å². The lowest BCUT2D eigenvalue weighted by molar-refractivity contribution is -0.123. The van der Waals surface area contributed by atoms with Crippen LogP contribution < -0.4 is 5.32 Å². The number of rotatable bonds is 6. The average Bonchev–Trinajstić information content (AvgIpc) is 2.55. The van der Waals surface area contributed by atoms with Gasteiger partial charge in [0.25, 0.3) is 0 Å². The fourth-order valence-electron chi connectivity index (χ4n) is 2.74. The van der Waals surface area contributed by atoms with Gasteiger partial charge < -0.3 is 5.32 Å². The number of hydrogen-bond donors (Lipinski definition) is 1. The second-order valence-corrected chi connectivity index (χ2v) is 5.92. The van der Waals surface area contributed by atoms with E-state index in [1.807, 2.05) is 42.5 Å². The highest BCUT2D eigenvalue weighted by Crippen LogP contribution is 2.27. The van der Waals surface area contributed by atoms with Crippen LogP contribution in [0, 0.1) is 12.8 Å². The van der Waals surface area contributed by atoms with Crippen LogP contribution in [0.3, 0.4) is 0 Å². The second-order valence-electron chi connectivity index (χ2n) is 5.92. The maximum Gasteiger partial charge on any atom is 0.228 e. The molecule has 0 radical (unpaired) electrons. The number of nitrogens with one attached hydrogen (secondary N) is 1. The van der Waals surface area contributed by atoms with E-state index in [9.17, 15) is 4.79 Å². The molecule has 0 aliphatic heterocycles. The molecule has 0 aliphatic carbocycles. The lowest BCUT2D eigenvalue weighted by Crippen LogP contribution is -2.32. The largest absolute Gasteiger partial charge is 0.351 e. The zero-order valence-corrected chi connectivity index (χ0v) is 13.7. The Balaban J connectivity index is 2.11. The first kappa shape index (κ1) is 16.3. The molecule has 2 aromatic carbocycles. The minimum atomic E-state index is -0.0878.